The number of hydrogen-bond donors (Lipinski definition) is 0. The zero-order chi connectivity index (χ0) is 12.2. The van der Waals surface area contributed by atoms with E-state index in [1.807, 2.05) is 6.08 Å². The summed E-state index contributed by atoms with van der Waals surface area (Å²) in [5.41, 5.74) is 1.35. The summed E-state index contributed by atoms with van der Waals surface area (Å²) >= 11 is 0. The van der Waals surface area contributed by atoms with Crippen molar-refractivity contribution in [1.82, 2.24) is 0 Å². The van der Waals surface area contributed by atoms with Crippen molar-refractivity contribution in [2.75, 3.05) is 0 Å². The van der Waals surface area contributed by atoms with Crippen LogP contribution in [0.2, 0.25) is 0 Å². The highest BCUT2D eigenvalue weighted by Gasteiger charge is 2.01. The summed E-state index contributed by atoms with van der Waals surface area (Å²) in [5, 5.41) is 0. The molecule has 0 heteroatoms. The zero-order valence-corrected chi connectivity index (χ0v) is 11.4. The fraction of sp³-hybridized carbons (Fsp3) is 0.750. The van der Waals surface area contributed by atoms with Crippen molar-refractivity contribution in [2.45, 2.75) is 71.6 Å². The van der Waals surface area contributed by atoms with Crippen LogP contribution in [0.25, 0.3) is 0 Å². The van der Waals surface area contributed by atoms with Crippen molar-refractivity contribution >= 4 is 0 Å². The van der Waals surface area contributed by atoms with Gasteiger partial charge in [0.05, 0.1) is 0 Å². The van der Waals surface area contributed by atoms with Gasteiger partial charge in [0.2, 0.25) is 0 Å². The van der Waals surface area contributed by atoms with Crippen LogP contribution in [-0.4, -0.2) is 0 Å². The molecule has 0 aromatic heterocycles. The molecule has 0 aliphatic carbocycles. The third kappa shape index (κ3) is 8.76. The predicted molar refractivity (Wildman–Crippen MR) is 75.7 cm³/mol. The molecule has 0 aliphatic rings. The first-order valence-electron chi connectivity index (χ1n) is 7.02. The second-order valence-corrected chi connectivity index (χ2v) is 4.91. The molecule has 0 aromatic carbocycles. The van der Waals surface area contributed by atoms with E-state index in [-0.39, 0.29) is 0 Å². The van der Waals surface area contributed by atoms with Gasteiger partial charge in [0.15, 0.2) is 0 Å². The van der Waals surface area contributed by atoms with Gasteiger partial charge in [-0.3, -0.25) is 0 Å². The third-order valence-corrected chi connectivity index (χ3v) is 3.35. The molecule has 1 atom stereocenters. The fourth-order valence-corrected chi connectivity index (χ4v) is 1.88. The van der Waals surface area contributed by atoms with Crippen molar-refractivity contribution in [2.24, 2.45) is 5.92 Å². The second kappa shape index (κ2) is 11.0. The highest BCUT2D eigenvalue weighted by molar-refractivity contribution is 5.05. The highest BCUT2D eigenvalue weighted by Crippen LogP contribution is 2.17. The van der Waals surface area contributed by atoms with Crippen molar-refractivity contribution in [3.8, 4) is 0 Å². The molecule has 0 aromatic rings. The van der Waals surface area contributed by atoms with Crippen molar-refractivity contribution in [3.63, 3.8) is 0 Å². The van der Waals surface area contributed by atoms with Crippen LogP contribution in [-0.2, 0) is 0 Å². The Balaban J connectivity index is 3.20. The van der Waals surface area contributed by atoms with Gasteiger partial charge in [-0.05, 0) is 18.8 Å². The van der Waals surface area contributed by atoms with Gasteiger partial charge in [-0.2, -0.15) is 0 Å². The lowest BCUT2D eigenvalue weighted by atomic mass is 9.97. The first-order chi connectivity index (χ1) is 7.72. The van der Waals surface area contributed by atoms with Gasteiger partial charge < -0.3 is 0 Å². The van der Waals surface area contributed by atoms with E-state index in [9.17, 15) is 0 Å². The number of hydrogen-bond acceptors (Lipinski definition) is 0. The molecule has 0 amide bonds. The average molecular weight is 222 g/mol. The van der Waals surface area contributed by atoms with Gasteiger partial charge in [-0.1, -0.05) is 77.0 Å². The van der Waals surface area contributed by atoms with Gasteiger partial charge >= 0.3 is 0 Å². The van der Waals surface area contributed by atoms with Gasteiger partial charge in [0.25, 0.3) is 0 Å². The van der Waals surface area contributed by atoms with Crippen molar-refractivity contribution < 1.29 is 0 Å². The molecule has 0 bridgehead atoms. The first-order valence-corrected chi connectivity index (χ1v) is 7.02. The quantitative estimate of drug-likeness (QED) is 0.302. The zero-order valence-electron chi connectivity index (χ0n) is 11.4. The molecule has 16 heavy (non-hydrogen) atoms. The van der Waals surface area contributed by atoms with Crippen LogP contribution in [0.5, 0.6) is 0 Å². The van der Waals surface area contributed by atoms with Crippen LogP contribution < -0.4 is 0 Å². The van der Waals surface area contributed by atoms with E-state index in [0.717, 1.165) is 0 Å². The molecule has 0 heterocycles. The summed E-state index contributed by atoms with van der Waals surface area (Å²) in [5.74, 6) is 0.490. The number of rotatable bonds is 11. The van der Waals surface area contributed by atoms with Crippen molar-refractivity contribution in [1.29, 1.82) is 0 Å². The van der Waals surface area contributed by atoms with Gasteiger partial charge in [0, 0.05) is 0 Å². The lowest BCUT2D eigenvalue weighted by Gasteiger charge is -2.09. The topological polar surface area (TPSA) is 0 Å². The normalized spacial score (nSPS) is 12.4. The first kappa shape index (κ1) is 15.5. The van der Waals surface area contributed by atoms with Gasteiger partial charge in [-0.25, -0.2) is 0 Å². The number of allylic oxidation sites excluding steroid dienone is 2. The Hall–Kier alpha value is -0.520. The molecule has 0 fully saturated rings. The molecule has 0 saturated carbocycles. The van der Waals surface area contributed by atoms with Gasteiger partial charge in [-0.15, -0.1) is 6.58 Å². The Morgan fingerprint density at radius 3 is 2.00 bits per heavy atom. The van der Waals surface area contributed by atoms with E-state index in [1.54, 1.807) is 0 Å². The van der Waals surface area contributed by atoms with Crippen LogP contribution in [0.1, 0.15) is 71.6 Å². The van der Waals surface area contributed by atoms with E-state index < -0.39 is 0 Å². The monoisotopic (exact) mass is 222 g/mol. The van der Waals surface area contributed by atoms with Crippen LogP contribution in [0.4, 0.5) is 0 Å². The summed E-state index contributed by atoms with van der Waals surface area (Å²) in [6.07, 6.45) is 14.3. The minimum absolute atomic E-state index is 0.490. The highest BCUT2D eigenvalue weighted by atomic mass is 14.1. The Bertz CT molecular complexity index is 178. The predicted octanol–water partition coefficient (Wildman–Crippen LogP) is 5.90. The summed E-state index contributed by atoms with van der Waals surface area (Å²) < 4.78 is 0. The number of unbranched alkanes of at least 4 members (excludes halogenated alkanes) is 7. The van der Waals surface area contributed by atoms with Crippen LogP contribution in [0, 0.1) is 5.92 Å². The molecule has 0 nitrogen and oxygen atoms in total. The SMILES string of the molecule is C=CC(C)C(=C)CCCCCCCCCC. The Labute approximate surface area is 103 Å². The molecular weight excluding hydrogens is 192 g/mol. The average Bonchev–Trinajstić information content (AvgIpc) is 2.31. The molecule has 94 valence electrons. The third-order valence-electron chi connectivity index (χ3n) is 3.35. The van der Waals surface area contributed by atoms with E-state index in [4.69, 9.17) is 0 Å². The maximum absolute atomic E-state index is 4.11. The van der Waals surface area contributed by atoms with Crippen molar-refractivity contribution in [3.05, 3.63) is 24.8 Å². The van der Waals surface area contributed by atoms with E-state index in [1.165, 1.54) is 63.4 Å². The minimum atomic E-state index is 0.490. The molecule has 0 radical (unpaired) electrons. The molecule has 0 aliphatic heterocycles. The maximum atomic E-state index is 4.11. The second-order valence-electron chi connectivity index (χ2n) is 4.91. The largest absolute Gasteiger partial charge is 0.102 e. The maximum Gasteiger partial charge on any atom is -0.00570 e. The Morgan fingerprint density at radius 1 is 1.00 bits per heavy atom. The fourth-order valence-electron chi connectivity index (χ4n) is 1.88. The van der Waals surface area contributed by atoms with E-state index in [0.29, 0.717) is 5.92 Å². The molecule has 0 N–H and O–H groups in total. The lowest BCUT2D eigenvalue weighted by molar-refractivity contribution is 0.570. The van der Waals surface area contributed by atoms with Gasteiger partial charge in [0.1, 0.15) is 0 Å². The van der Waals surface area contributed by atoms with Crippen LogP contribution in [0.3, 0.4) is 0 Å². The van der Waals surface area contributed by atoms with E-state index in [2.05, 4.69) is 27.0 Å². The molecule has 0 saturated heterocycles. The van der Waals surface area contributed by atoms with Crippen LogP contribution in [0.15, 0.2) is 24.8 Å². The Morgan fingerprint density at radius 2 is 1.50 bits per heavy atom. The summed E-state index contributed by atoms with van der Waals surface area (Å²) in [7, 11) is 0. The summed E-state index contributed by atoms with van der Waals surface area (Å²) in [6, 6.07) is 0. The summed E-state index contributed by atoms with van der Waals surface area (Å²) in [4.78, 5) is 0. The van der Waals surface area contributed by atoms with E-state index >= 15 is 0 Å². The molecule has 0 rings (SSSR count). The minimum Gasteiger partial charge on any atom is -0.102 e. The summed E-state index contributed by atoms with van der Waals surface area (Å²) in [6.45, 7) is 12.4. The van der Waals surface area contributed by atoms with Crippen LogP contribution >= 0.6 is 0 Å². The smallest absolute Gasteiger partial charge is 0.00570 e. The Kier molecular flexibility index (Phi) is 10.6. The molecule has 0 spiro atoms. The molecular formula is C16H30. The lowest BCUT2D eigenvalue weighted by Crippen LogP contribution is -1.93. The standard InChI is InChI=1S/C16H30/c1-5-7-8-9-10-11-12-13-14-16(4)15(3)6-2/h6,15H,2,4-5,7-14H2,1,3H3. The molecule has 1 unspecified atom stereocenters.